The summed E-state index contributed by atoms with van der Waals surface area (Å²) in [5, 5.41) is 12.1. The Bertz CT molecular complexity index is 512. The molecule has 0 radical (unpaired) electrons. The van der Waals surface area contributed by atoms with Crippen LogP contribution in [0.15, 0.2) is 24.3 Å². The highest BCUT2D eigenvalue weighted by Crippen LogP contribution is 2.23. The van der Waals surface area contributed by atoms with Crippen LogP contribution in [0.2, 0.25) is 0 Å². The van der Waals surface area contributed by atoms with E-state index in [1.807, 2.05) is 0 Å². The molecule has 5 heteroatoms. The fraction of sp³-hybridized carbons (Fsp3) is 0.529. The van der Waals surface area contributed by atoms with Gasteiger partial charge in [-0.3, -0.25) is 9.59 Å². The number of esters is 1. The molecule has 120 valence electrons. The molecule has 0 unspecified atom stereocenters. The minimum atomic E-state index is -0.447. The predicted octanol–water partition coefficient (Wildman–Crippen LogP) is 2.17. The highest BCUT2D eigenvalue weighted by Gasteiger charge is 2.23. The van der Waals surface area contributed by atoms with Crippen LogP contribution < -0.4 is 5.32 Å². The Morgan fingerprint density at radius 2 is 1.91 bits per heavy atom. The zero-order chi connectivity index (χ0) is 15.9. The van der Waals surface area contributed by atoms with E-state index in [0.29, 0.717) is 5.92 Å². The third-order valence-corrected chi connectivity index (χ3v) is 4.11. The molecule has 2 atom stereocenters. The first-order chi connectivity index (χ1) is 10.5. The van der Waals surface area contributed by atoms with Gasteiger partial charge < -0.3 is 15.2 Å². The lowest BCUT2D eigenvalue weighted by molar-refractivity contribution is -0.148. The summed E-state index contributed by atoms with van der Waals surface area (Å²) >= 11 is 0. The van der Waals surface area contributed by atoms with Crippen molar-refractivity contribution in [1.29, 1.82) is 0 Å². The van der Waals surface area contributed by atoms with Gasteiger partial charge in [0, 0.05) is 6.04 Å². The Hall–Kier alpha value is -2.04. The van der Waals surface area contributed by atoms with E-state index in [1.165, 1.54) is 18.6 Å². The number of ether oxygens (including phenoxy) is 1. The molecule has 0 bridgehead atoms. The lowest BCUT2D eigenvalue weighted by Gasteiger charge is -2.29. The highest BCUT2D eigenvalue weighted by atomic mass is 16.5. The zero-order valence-electron chi connectivity index (χ0n) is 12.9. The maximum Gasteiger partial charge on any atom is 0.310 e. The maximum atomic E-state index is 11.8. The molecule has 2 N–H and O–H groups in total. The van der Waals surface area contributed by atoms with Crippen LogP contribution in [-0.4, -0.2) is 29.6 Å². The van der Waals surface area contributed by atoms with Gasteiger partial charge in [0.2, 0.25) is 0 Å². The van der Waals surface area contributed by atoms with E-state index < -0.39 is 5.97 Å². The van der Waals surface area contributed by atoms with E-state index in [9.17, 15) is 14.7 Å². The summed E-state index contributed by atoms with van der Waals surface area (Å²) in [5.41, 5.74) is 0.740. The van der Waals surface area contributed by atoms with Crippen LogP contribution >= 0.6 is 0 Å². The number of aromatic hydroxyl groups is 1. The van der Waals surface area contributed by atoms with Crippen molar-refractivity contribution in [3.63, 3.8) is 0 Å². The molecule has 0 heterocycles. The number of phenols is 1. The average Bonchev–Trinajstić information content (AvgIpc) is 2.50. The first-order valence-electron chi connectivity index (χ1n) is 7.77. The Labute approximate surface area is 130 Å². The summed E-state index contributed by atoms with van der Waals surface area (Å²) in [4.78, 5) is 23.5. The van der Waals surface area contributed by atoms with Gasteiger partial charge in [-0.15, -0.1) is 0 Å². The Morgan fingerprint density at radius 1 is 1.23 bits per heavy atom. The molecule has 1 aromatic rings. The number of hydrogen-bond donors (Lipinski definition) is 2. The summed E-state index contributed by atoms with van der Waals surface area (Å²) < 4.78 is 5.00. The summed E-state index contributed by atoms with van der Waals surface area (Å²) in [6, 6.07) is 6.53. The van der Waals surface area contributed by atoms with Crippen LogP contribution in [0.3, 0.4) is 0 Å². The summed E-state index contributed by atoms with van der Waals surface area (Å²) in [6.45, 7) is 1.90. The van der Waals surface area contributed by atoms with Crippen molar-refractivity contribution in [2.75, 3.05) is 6.61 Å². The number of benzene rings is 1. The predicted molar refractivity (Wildman–Crippen MR) is 82.3 cm³/mol. The molecule has 1 aliphatic carbocycles. The maximum absolute atomic E-state index is 11.8. The van der Waals surface area contributed by atoms with E-state index in [-0.39, 0.29) is 30.7 Å². The van der Waals surface area contributed by atoms with Crippen molar-refractivity contribution in [3.8, 4) is 5.75 Å². The number of carbonyl (C=O) groups is 2. The third-order valence-electron chi connectivity index (χ3n) is 4.11. The van der Waals surface area contributed by atoms with Gasteiger partial charge >= 0.3 is 5.97 Å². The van der Waals surface area contributed by atoms with Crippen LogP contribution in [0.25, 0.3) is 0 Å². The van der Waals surface area contributed by atoms with E-state index in [1.54, 1.807) is 12.1 Å². The van der Waals surface area contributed by atoms with E-state index in [2.05, 4.69) is 12.2 Å². The second kappa shape index (κ2) is 7.82. The summed E-state index contributed by atoms with van der Waals surface area (Å²) in [7, 11) is 0. The van der Waals surface area contributed by atoms with Gasteiger partial charge in [-0.2, -0.15) is 0 Å². The van der Waals surface area contributed by atoms with Crippen LogP contribution in [0.5, 0.6) is 5.75 Å². The van der Waals surface area contributed by atoms with Gasteiger partial charge in [0.1, 0.15) is 5.75 Å². The number of phenolic OH excluding ortho intramolecular Hbond substituents is 1. The quantitative estimate of drug-likeness (QED) is 0.818. The van der Waals surface area contributed by atoms with Crippen molar-refractivity contribution in [2.45, 2.75) is 45.1 Å². The average molecular weight is 305 g/mol. The number of amides is 1. The third kappa shape index (κ3) is 5.06. The minimum Gasteiger partial charge on any atom is -0.508 e. The molecule has 0 aromatic heterocycles. The number of rotatable bonds is 5. The molecule has 0 aliphatic heterocycles. The molecule has 2 rings (SSSR count). The van der Waals surface area contributed by atoms with Crippen molar-refractivity contribution in [1.82, 2.24) is 5.32 Å². The SMILES string of the molecule is C[C@H]1CCCC[C@H]1NC(=O)COC(=O)Cc1ccc(O)cc1. The number of carbonyl (C=O) groups excluding carboxylic acids is 2. The number of hydrogen-bond acceptors (Lipinski definition) is 4. The first-order valence-corrected chi connectivity index (χ1v) is 7.77. The molecule has 5 nitrogen and oxygen atoms in total. The molecule has 1 fully saturated rings. The molecular weight excluding hydrogens is 282 g/mol. The molecule has 22 heavy (non-hydrogen) atoms. The molecule has 0 saturated heterocycles. The van der Waals surface area contributed by atoms with Gasteiger partial charge in [0.25, 0.3) is 5.91 Å². The Balaban J connectivity index is 1.71. The lowest BCUT2D eigenvalue weighted by Crippen LogP contribution is -2.42. The van der Waals surface area contributed by atoms with Crippen molar-refractivity contribution in [2.24, 2.45) is 5.92 Å². The normalized spacial score (nSPS) is 21.1. The fourth-order valence-electron chi connectivity index (χ4n) is 2.76. The van der Waals surface area contributed by atoms with Crippen LogP contribution in [0.4, 0.5) is 0 Å². The largest absolute Gasteiger partial charge is 0.508 e. The van der Waals surface area contributed by atoms with Gasteiger partial charge in [-0.05, 0) is 36.5 Å². The highest BCUT2D eigenvalue weighted by molar-refractivity contribution is 5.81. The van der Waals surface area contributed by atoms with Crippen LogP contribution in [0, 0.1) is 5.92 Å². The zero-order valence-corrected chi connectivity index (χ0v) is 12.9. The molecule has 1 amide bonds. The van der Waals surface area contributed by atoms with Gasteiger partial charge in [0.05, 0.1) is 6.42 Å². The Morgan fingerprint density at radius 3 is 2.59 bits per heavy atom. The van der Waals surface area contributed by atoms with E-state index in [0.717, 1.165) is 24.8 Å². The molecule has 1 saturated carbocycles. The van der Waals surface area contributed by atoms with Crippen LogP contribution in [0.1, 0.15) is 38.2 Å². The van der Waals surface area contributed by atoms with Crippen molar-refractivity contribution in [3.05, 3.63) is 29.8 Å². The van der Waals surface area contributed by atoms with Gasteiger partial charge in [0.15, 0.2) is 6.61 Å². The van der Waals surface area contributed by atoms with Gasteiger partial charge in [-0.1, -0.05) is 31.9 Å². The van der Waals surface area contributed by atoms with Crippen LogP contribution in [-0.2, 0) is 20.7 Å². The second-order valence-corrected chi connectivity index (χ2v) is 5.94. The van der Waals surface area contributed by atoms with E-state index >= 15 is 0 Å². The topological polar surface area (TPSA) is 75.6 Å². The van der Waals surface area contributed by atoms with E-state index in [4.69, 9.17) is 4.74 Å². The first kappa shape index (κ1) is 16.3. The molecular formula is C17H23NO4. The summed E-state index contributed by atoms with van der Waals surface area (Å²) in [5.74, 6) is -0.0566. The lowest BCUT2D eigenvalue weighted by atomic mass is 9.86. The number of nitrogens with one attached hydrogen (secondary N) is 1. The fourth-order valence-corrected chi connectivity index (χ4v) is 2.76. The summed E-state index contributed by atoms with van der Waals surface area (Å²) in [6.07, 6.45) is 4.57. The van der Waals surface area contributed by atoms with Crippen molar-refractivity contribution >= 4 is 11.9 Å². The second-order valence-electron chi connectivity index (χ2n) is 5.94. The molecule has 1 aromatic carbocycles. The molecule has 1 aliphatic rings. The van der Waals surface area contributed by atoms with Crippen molar-refractivity contribution < 1.29 is 19.4 Å². The monoisotopic (exact) mass is 305 g/mol. The van der Waals surface area contributed by atoms with Gasteiger partial charge in [-0.25, -0.2) is 0 Å². The minimum absolute atomic E-state index is 0.0907. The standard InChI is InChI=1S/C17H23NO4/c1-12-4-2-3-5-15(12)18-16(20)11-22-17(21)10-13-6-8-14(19)9-7-13/h6-9,12,15,19H,2-5,10-11H2,1H3,(H,18,20)/t12-,15+/m0/s1. The molecule has 0 spiro atoms. The smallest absolute Gasteiger partial charge is 0.310 e. The Kier molecular flexibility index (Phi) is 5.81.